The molecule has 0 heterocycles. The minimum Gasteiger partial charge on any atom is -0.465 e. The highest BCUT2D eigenvalue weighted by atomic mass is 35.5. The number of esters is 1. The number of hydrogen-bond acceptors (Lipinski definition) is 2. The quantitative estimate of drug-likeness (QED) is 0.561. The third-order valence-corrected chi connectivity index (χ3v) is 2.23. The van der Waals surface area contributed by atoms with Crippen LogP contribution in [0.25, 0.3) is 0 Å². The number of ether oxygens (including phenoxy) is 1. The molecule has 0 saturated heterocycles. The molecule has 0 radical (unpaired) electrons. The molecule has 0 aromatic heterocycles. The second-order valence-electron chi connectivity index (χ2n) is 2.88. The molecule has 0 saturated carbocycles. The van der Waals surface area contributed by atoms with Crippen molar-refractivity contribution in [3.63, 3.8) is 0 Å². The molecule has 1 aromatic rings. The molecule has 0 atom stereocenters. The Morgan fingerprint density at radius 2 is 2.21 bits per heavy atom. The first-order chi connectivity index (χ1) is 6.60. The summed E-state index contributed by atoms with van der Waals surface area (Å²) in [6.07, 6.45) is 0. The standard InChI is InChI=1S/C10H10ClFO2/c1-6-3-9(12)7(5-11)4-8(6)10(13)14-2/h3-4H,5H2,1-2H3. The molecule has 2 nitrogen and oxygen atoms in total. The number of carbonyl (C=O) groups excluding carboxylic acids is 1. The van der Waals surface area contributed by atoms with Crippen molar-refractivity contribution < 1.29 is 13.9 Å². The Kier molecular flexibility index (Phi) is 3.47. The van der Waals surface area contributed by atoms with Gasteiger partial charge in [0.05, 0.1) is 18.6 Å². The highest BCUT2D eigenvalue weighted by Crippen LogP contribution is 2.17. The van der Waals surface area contributed by atoms with Crippen LogP contribution in [0.2, 0.25) is 0 Å². The van der Waals surface area contributed by atoms with E-state index in [2.05, 4.69) is 4.74 Å². The molecule has 14 heavy (non-hydrogen) atoms. The van der Waals surface area contributed by atoms with E-state index >= 15 is 0 Å². The minimum atomic E-state index is -0.478. The van der Waals surface area contributed by atoms with E-state index in [9.17, 15) is 9.18 Å². The smallest absolute Gasteiger partial charge is 0.338 e. The summed E-state index contributed by atoms with van der Waals surface area (Å²) < 4.78 is 17.7. The van der Waals surface area contributed by atoms with Crippen molar-refractivity contribution in [2.75, 3.05) is 7.11 Å². The summed E-state index contributed by atoms with van der Waals surface area (Å²) in [6, 6.07) is 2.70. The zero-order valence-corrected chi connectivity index (χ0v) is 8.69. The summed E-state index contributed by atoms with van der Waals surface area (Å²) in [5, 5.41) is 0. The predicted octanol–water partition coefficient (Wildman–Crippen LogP) is 2.66. The van der Waals surface area contributed by atoms with Gasteiger partial charge in [-0.2, -0.15) is 0 Å². The largest absolute Gasteiger partial charge is 0.465 e. The predicted molar refractivity (Wildman–Crippen MR) is 52.0 cm³/mol. The Balaban J connectivity index is 3.24. The maximum absolute atomic E-state index is 13.2. The number of aryl methyl sites for hydroxylation is 1. The molecule has 76 valence electrons. The molecule has 0 unspecified atom stereocenters. The SMILES string of the molecule is COC(=O)c1cc(CCl)c(F)cc1C. The van der Waals surface area contributed by atoms with Crippen molar-refractivity contribution in [1.29, 1.82) is 0 Å². The van der Waals surface area contributed by atoms with Crippen LogP contribution in [0.5, 0.6) is 0 Å². The molecule has 4 heteroatoms. The topological polar surface area (TPSA) is 26.3 Å². The fraction of sp³-hybridized carbons (Fsp3) is 0.300. The second kappa shape index (κ2) is 4.42. The molecule has 0 aliphatic heterocycles. The summed E-state index contributed by atoms with van der Waals surface area (Å²) in [6.45, 7) is 1.65. The van der Waals surface area contributed by atoms with Gasteiger partial charge in [0, 0.05) is 5.56 Å². The number of rotatable bonds is 2. The van der Waals surface area contributed by atoms with Crippen molar-refractivity contribution in [3.8, 4) is 0 Å². The van der Waals surface area contributed by atoms with Gasteiger partial charge in [-0.05, 0) is 24.6 Å². The Bertz CT molecular complexity index is 363. The van der Waals surface area contributed by atoms with E-state index in [0.717, 1.165) is 0 Å². The van der Waals surface area contributed by atoms with Gasteiger partial charge in [0.25, 0.3) is 0 Å². The molecule has 0 N–H and O–H groups in total. The van der Waals surface area contributed by atoms with Gasteiger partial charge >= 0.3 is 5.97 Å². The van der Waals surface area contributed by atoms with E-state index in [1.165, 1.54) is 19.2 Å². The lowest BCUT2D eigenvalue weighted by Gasteiger charge is -2.06. The van der Waals surface area contributed by atoms with E-state index in [4.69, 9.17) is 11.6 Å². The van der Waals surface area contributed by atoms with Crippen LogP contribution in [0.15, 0.2) is 12.1 Å². The van der Waals surface area contributed by atoms with Crippen LogP contribution in [0, 0.1) is 12.7 Å². The first-order valence-electron chi connectivity index (χ1n) is 4.03. The number of benzene rings is 1. The lowest BCUT2D eigenvalue weighted by atomic mass is 10.1. The summed E-state index contributed by atoms with van der Waals surface area (Å²) in [5.41, 5.74) is 1.20. The van der Waals surface area contributed by atoms with Crippen LogP contribution < -0.4 is 0 Å². The zero-order chi connectivity index (χ0) is 10.7. The monoisotopic (exact) mass is 216 g/mol. The third kappa shape index (κ3) is 2.04. The Morgan fingerprint density at radius 1 is 1.57 bits per heavy atom. The van der Waals surface area contributed by atoms with Gasteiger partial charge in [0.1, 0.15) is 5.82 Å². The summed E-state index contributed by atoms with van der Waals surface area (Å²) in [4.78, 5) is 11.2. The first-order valence-corrected chi connectivity index (χ1v) is 4.57. The summed E-state index contributed by atoms with van der Waals surface area (Å²) in [5.74, 6) is -0.838. The van der Waals surface area contributed by atoms with E-state index in [0.29, 0.717) is 16.7 Å². The average molecular weight is 217 g/mol. The van der Waals surface area contributed by atoms with Gasteiger partial charge in [-0.15, -0.1) is 11.6 Å². The molecule has 0 bridgehead atoms. The zero-order valence-electron chi connectivity index (χ0n) is 7.93. The molecule has 0 spiro atoms. The maximum atomic E-state index is 13.2. The Hall–Kier alpha value is -1.09. The van der Waals surface area contributed by atoms with Crippen molar-refractivity contribution in [3.05, 3.63) is 34.6 Å². The fourth-order valence-electron chi connectivity index (χ4n) is 1.15. The number of hydrogen-bond donors (Lipinski definition) is 0. The molecule has 1 rings (SSSR count). The van der Waals surface area contributed by atoms with E-state index in [-0.39, 0.29) is 5.88 Å². The molecule has 0 aliphatic rings. The van der Waals surface area contributed by atoms with E-state index in [1.807, 2.05) is 0 Å². The third-order valence-electron chi connectivity index (χ3n) is 1.94. The average Bonchev–Trinajstić information content (AvgIpc) is 2.17. The van der Waals surface area contributed by atoms with Gasteiger partial charge in [0.2, 0.25) is 0 Å². The maximum Gasteiger partial charge on any atom is 0.338 e. The summed E-state index contributed by atoms with van der Waals surface area (Å²) >= 11 is 5.51. The normalized spacial score (nSPS) is 10.0. The molecule has 0 fully saturated rings. The molecule has 0 aliphatic carbocycles. The minimum absolute atomic E-state index is 0.0378. The van der Waals surface area contributed by atoms with Crippen molar-refractivity contribution in [2.45, 2.75) is 12.8 Å². The lowest BCUT2D eigenvalue weighted by molar-refractivity contribution is 0.0599. The molecule has 0 amide bonds. The van der Waals surface area contributed by atoms with Crippen LogP contribution in [0.1, 0.15) is 21.5 Å². The number of alkyl halides is 1. The highest BCUT2D eigenvalue weighted by Gasteiger charge is 2.12. The second-order valence-corrected chi connectivity index (χ2v) is 3.15. The van der Waals surface area contributed by atoms with E-state index in [1.54, 1.807) is 6.92 Å². The first kappa shape index (κ1) is 11.0. The molecular weight excluding hydrogens is 207 g/mol. The van der Waals surface area contributed by atoms with Crippen molar-refractivity contribution in [1.82, 2.24) is 0 Å². The number of methoxy groups -OCH3 is 1. The van der Waals surface area contributed by atoms with Crippen LogP contribution in [-0.4, -0.2) is 13.1 Å². The van der Waals surface area contributed by atoms with Crippen molar-refractivity contribution in [2.24, 2.45) is 0 Å². The highest BCUT2D eigenvalue weighted by molar-refractivity contribution is 6.17. The Morgan fingerprint density at radius 3 is 2.71 bits per heavy atom. The Labute approximate surface area is 86.6 Å². The molecular formula is C10H10ClFO2. The van der Waals surface area contributed by atoms with Crippen molar-refractivity contribution >= 4 is 17.6 Å². The summed E-state index contributed by atoms with van der Waals surface area (Å²) in [7, 11) is 1.28. The van der Waals surface area contributed by atoms with Gasteiger partial charge in [-0.3, -0.25) is 0 Å². The van der Waals surface area contributed by atoms with Crippen LogP contribution in [-0.2, 0) is 10.6 Å². The van der Waals surface area contributed by atoms with Crippen LogP contribution in [0.3, 0.4) is 0 Å². The number of halogens is 2. The van der Waals surface area contributed by atoms with Crippen LogP contribution >= 0.6 is 11.6 Å². The fourth-order valence-corrected chi connectivity index (χ4v) is 1.35. The van der Waals surface area contributed by atoms with Gasteiger partial charge in [-0.25, -0.2) is 9.18 Å². The van der Waals surface area contributed by atoms with Gasteiger partial charge < -0.3 is 4.74 Å². The van der Waals surface area contributed by atoms with Gasteiger partial charge in [-0.1, -0.05) is 0 Å². The van der Waals surface area contributed by atoms with Crippen LogP contribution in [0.4, 0.5) is 4.39 Å². The van der Waals surface area contributed by atoms with Gasteiger partial charge in [0.15, 0.2) is 0 Å². The molecule has 1 aromatic carbocycles. The number of carbonyl (C=O) groups is 1. The lowest BCUT2D eigenvalue weighted by Crippen LogP contribution is -2.05. The van der Waals surface area contributed by atoms with E-state index < -0.39 is 11.8 Å².